The minimum atomic E-state index is -3.61. The lowest BCUT2D eigenvalue weighted by Crippen LogP contribution is -2.38. The number of anilines is 1. The summed E-state index contributed by atoms with van der Waals surface area (Å²) in [5.74, 6) is -0.0754. The van der Waals surface area contributed by atoms with Crippen LogP contribution in [0.15, 0.2) is 96.4 Å². The van der Waals surface area contributed by atoms with Gasteiger partial charge in [-0.2, -0.15) is 0 Å². The Morgan fingerprint density at radius 2 is 1.70 bits per heavy atom. The fourth-order valence-corrected chi connectivity index (χ4v) is 6.79. The second kappa shape index (κ2) is 11.7. The topological polar surface area (TPSA) is 141 Å². The van der Waals surface area contributed by atoms with Crippen LogP contribution in [-0.2, 0) is 22.6 Å². The van der Waals surface area contributed by atoms with Gasteiger partial charge in [0.25, 0.3) is 5.56 Å². The molecule has 10 nitrogen and oxygen atoms in total. The fraction of sp³-hybridized carbons (Fsp3) is 0.242. The van der Waals surface area contributed by atoms with Crippen LogP contribution in [0.1, 0.15) is 37.6 Å². The number of pyridine rings is 3. The molecule has 1 aromatic carbocycles. The molecule has 0 spiro atoms. The SMILES string of the molecule is CCS(=O)(=O)Nc1cc(-c2cn(C)c3c(=O)[nH]ccc23)cc2c1ccn2C(CCCCN)(c1ccccn1)c1ccccn1. The van der Waals surface area contributed by atoms with E-state index in [4.69, 9.17) is 15.7 Å². The Morgan fingerprint density at radius 1 is 0.977 bits per heavy atom. The highest BCUT2D eigenvalue weighted by molar-refractivity contribution is 7.92. The molecule has 6 rings (SSSR count). The van der Waals surface area contributed by atoms with E-state index in [0.717, 1.165) is 51.6 Å². The van der Waals surface area contributed by atoms with Gasteiger partial charge in [-0.25, -0.2) is 8.42 Å². The van der Waals surface area contributed by atoms with Crippen LogP contribution < -0.4 is 16.0 Å². The predicted octanol–water partition coefficient (Wildman–Crippen LogP) is 4.96. The molecule has 0 aliphatic rings. The van der Waals surface area contributed by atoms with Gasteiger partial charge >= 0.3 is 0 Å². The van der Waals surface area contributed by atoms with E-state index < -0.39 is 15.6 Å². The molecule has 6 aromatic rings. The minimum Gasteiger partial charge on any atom is -0.345 e. The first-order valence-corrected chi connectivity index (χ1v) is 16.3. The van der Waals surface area contributed by atoms with Gasteiger partial charge in [0, 0.05) is 54.4 Å². The first kappa shape index (κ1) is 29.3. The summed E-state index contributed by atoms with van der Waals surface area (Å²) in [6.45, 7) is 2.16. The number of fused-ring (bicyclic) bond motifs is 2. The van der Waals surface area contributed by atoms with Gasteiger partial charge in [0.2, 0.25) is 10.0 Å². The molecule has 0 fully saturated rings. The van der Waals surface area contributed by atoms with Gasteiger partial charge in [-0.3, -0.25) is 19.5 Å². The zero-order valence-electron chi connectivity index (χ0n) is 24.7. The number of H-pyrrole nitrogens is 1. The molecule has 0 unspecified atom stereocenters. The Balaban J connectivity index is 1.71. The third kappa shape index (κ3) is 5.07. The number of sulfonamides is 1. The standard InChI is InChI=1S/C33H35N7O3S/c1-3-44(42,43)38-27-20-23(26-22-39(2)31-24(26)12-18-37-32(31)41)21-28-25(27)13-19-40(28)33(14-6-7-15-34,29-10-4-8-16-35-29)30-11-5-9-17-36-30/h4-5,8-13,16-22,38H,3,6-7,14-15,34H2,1-2H3,(H,37,41). The van der Waals surface area contributed by atoms with E-state index in [9.17, 15) is 13.2 Å². The van der Waals surface area contributed by atoms with Crippen molar-refractivity contribution in [3.63, 3.8) is 0 Å². The lowest BCUT2D eigenvalue weighted by atomic mass is 9.83. The number of hydrogen-bond acceptors (Lipinski definition) is 6. The molecule has 0 radical (unpaired) electrons. The van der Waals surface area contributed by atoms with Crippen LogP contribution in [0.25, 0.3) is 32.9 Å². The number of aryl methyl sites for hydroxylation is 1. The summed E-state index contributed by atoms with van der Waals surface area (Å²) in [5, 5.41) is 1.50. The lowest BCUT2D eigenvalue weighted by Gasteiger charge is -2.36. The molecular formula is C33H35N7O3S. The van der Waals surface area contributed by atoms with Gasteiger partial charge in [0.15, 0.2) is 0 Å². The highest BCUT2D eigenvalue weighted by atomic mass is 32.2. The zero-order valence-corrected chi connectivity index (χ0v) is 25.5. The van der Waals surface area contributed by atoms with Crippen molar-refractivity contribution in [1.29, 1.82) is 0 Å². The second-order valence-corrected chi connectivity index (χ2v) is 12.9. The van der Waals surface area contributed by atoms with Crippen molar-refractivity contribution in [3.8, 4) is 11.1 Å². The number of benzene rings is 1. The largest absolute Gasteiger partial charge is 0.345 e. The molecule has 44 heavy (non-hydrogen) atoms. The van der Waals surface area contributed by atoms with Crippen LogP contribution in [0.2, 0.25) is 0 Å². The van der Waals surface area contributed by atoms with Crippen molar-refractivity contribution in [2.24, 2.45) is 12.8 Å². The van der Waals surface area contributed by atoms with Crippen molar-refractivity contribution in [3.05, 3.63) is 113 Å². The molecule has 0 aliphatic heterocycles. The monoisotopic (exact) mass is 609 g/mol. The maximum absolute atomic E-state index is 12.9. The number of nitrogens with zero attached hydrogens (tertiary/aromatic N) is 4. The molecule has 5 heterocycles. The summed E-state index contributed by atoms with van der Waals surface area (Å²) in [5.41, 5.74) is 9.91. The van der Waals surface area contributed by atoms with Gasteiger partial charge in [0.1, 0.15) is 11.1 Å². The van der Waals surface area contributed by atoms with Crippen molar-refractivity contribution < 1.29 is 8.42 Å². The molecule has 0 saturated carbocycles. The Bertz CT molecular complexity index is 2060. The van der Waals surface area contributed by atoms with Crippen LogP contribution in [0.4, 0.5) is 5.69 Å². The Kier molecular flexibility index (Phi) is 7.83. The van der Waals surface area contributed by atoms with E-state index in [1.165, 1.54) is 0 Å². The quantitative estimate of drug-likeness (QED) is 0.177. The molecular weight excluding hydrogens is 574 g/mol. The van der Waals surface area contributed by atoms with Crippen LogP contribution >= 0.6 is 0 Å². The van der Waals surface area contributed by atoms with Crippen molar-refractivity contribution in [1.82, 2.24) is 24.1 Å². The molecule has 4 N–H and O–H groups in total. The van der Waals surface area contributed by atoms with E-state index in [-0.39, 0.29) is 11.3 Å². The number of nitrogens with one attached hydrogen (secondary N) is 2. The van der Waals surface area contributed by atoms with Gasteiger partial charge < -0.3 is 19.9 Å². The zero-order chi connectivity index (χ0) is 30.9. The number of aromatic amines is 1. The van der Waals surface area contributed by atoms with Crippen LogP contribution in [-0.4, -0.2) is 44.8 Å². The number of hydrogen-bond donors (Lipinski definition) is 3. The molecule has 0 atom stereocenters. The molecule has 0 saturated heterocycles. The second-order valence-electron chi connectivity index (χ2n) is 10.9. The van der Waals surface area contributed by atoms with Gasteiger partial charge in [-0.05, 0) is 86.8 Å². The van der Waals surface area contributed by atoms with E-state index in [1.54, 1.807) is 30.1 Å². The maximum Gasteiger partial charge on any atom is 0.272 e. The van der Waals surface area contributed by atoms with Crippen LogP contribution in [0.5, 0.6) is 0 Å². The summed E-state index contributed by atoms with van der Waals surface area (Å²) in [6.07, 6.45) is 11.4. The fourth-order valence-electron chi connectivity index (χ4n) is 6.14. The number of unbranched alkanes of at least 4 members (excludes halogenated alkanes) is 1. The molecule has 226 valence electrons. The number of rotatable bonds is 11. The first-order valence-electron chi connectivity index (χ1n) is 14.7. The van der Waals surface area contributed by atoms with Crippen LogP contribution in [0, 0.1) is 0 Å². The maximum atomic E-state index is 12.9. The van der Waals surface area contributed by atoms with E-state index in [2.05, 4.69) is 20.3 Å². The van der Waals surface area contributed by atoms with Gasteiger partial charge in [0.05, 0.1) is 28.3 Å². The van der Waals surface area contributed by atoms with E-state index in [1.807, 2.05) is 74.0 Å². The average Bonchev–Trinajstić information content (AvgIpc) is 3.62. The number of nitrogens with two attached hydrogens (primary N) is 1. The summed E-state index contributed by atoms with van der Waals surface area (Å²) < 4.78 is 32.7. The third-order valence-corrected chi connectivity index (χ3v) is 9.54. The summed E-state index contributed by atoms with van der Waals surface area (Å²) >= 11 is 0. The van der Waals surface area contributed by atoms with E-state index >= 15 is 0 Å². The normalized spacial score (nSPS) is 12.2. The Morgan fingerprint density at radius 3 is 2.34 bits per heavy atom. The molecule has 0 aliphatic carbocycles. The minimum absolute atomic E-state index is 0.0754. The first-order chi connectivity index (χ1) is 21.3. The Labute approximate surface area is 255 Å². The predicted molar refractivity (Wildman–Crippen MR) is 175 cm³/mol. The Hall–Kier alpha value is -4.74. The summed E-state index contributed by atoms with van der Waals surface area (Å²) in [7, 11) is -1.79. The smallest absolute Gasteiger partial charge is 0.272 e. The highest BCUT2D eigenvalue weighted by Crippen LogP contribution is 2.43. The summed E-state index contributed by atoms with van der Waals surface area (Å²) in [6, 6.07) is 19.4. The highest BCUT2D eigenvalue weighted by Gasteiger charge is 2.39. The molecule has 11 heteroatoms. The van der Waals surface area contributed by atoms with Crippen molar-refractivity contribution >= 4 is 37.5 Å². The van der Waals surface area contributed by atoms with Crippen LogP contribution in [0.3, 0.4) is 0 Å². The number of aromatic nitrogens is 5. The molecule has 5 aromatic heterocycles. The average molecular weight is 610 g/mol. The lowest BCUT2D eigenvalue weighted by molar-refractivity contribution is 0.373. The van der Waals surface area contributed by atoms with Gasteiger partial charge in [-0.1, -0.05) is 12.1 Å². The van der Waals surface area contributed by atoms with E-state index in [0.29, 0.717) is 24.2 Å². The van der Waals surface area contributed by atoms with Crippen molar-refractivity contribution in [2.45, 2.75) is 31.7 Å². The van der Waals surface area contributed by atoms with Crippen molar-refractivity contribution in [2.75, 3.05) is 17.0 Å². The molecule has 0 bridgehead atoms. The summed E-state index contributed by atoms with van der Waals surface area (Å²) in [4.78, 5) is 25.2. The molecule has 0 amide bonds. The van der Waals surface area contributed by atoms with Gasteiger partial charge in [-0.15, -0.1) is 0 Å². The third-order valence-electron chi connectivity index (χ3n) is 8.25.